The first-order valence-corrected chi connectivity index (χ1v) is 17.0. The van der Waals surface area contributed by atoms with Crippen molar-refractivity contribution in [1.82, 2.24) is 31.1 Å². The number of aliphatic hydroxyl groups excluding tert-OH is 2. The van der Waals surface area contributed by atoms with Crippen LogP contribution in [0.15, 0.2) is 0 Å². The summed E-state index contributed by atoms with van der Waals surface area (Å²) in [6, 6.07) is -6.04. The van der Waals surface area contributed by atoms with Crippen molar-refractivity contribution in [2.24, 2.45) is 17.6 Å². The molecule has 14 nitrogen and oxygen atoms in total. The lowest BCUT2D eigenvalue weighted by molar-refractivity contribution is -0.144. The van der Waals surface area contributed by atoms with E-state index >= 15 is 0 Å². The van der Waals surface area contributed by atoms with E-state index in [2.05, 4.69) is 21.3 Å². The number of likely N-dealkylation sites (N-methyl/N-ethyl adjacent to an activating group) is 1. The number of nitrogens with zero attached hydrogens (tertiary/aromatic N) is 2. The highest BCUT2D eigenvalue weighted by Crippen LogP contribution is 2.27. The van der Waals surface area contributed by atoms with Crippen LogP contribution in [0.25, 0.3) is 0 Å². The average Bonchev–Trinajstić information content (AvgIpc) is 3.03. The van der Waals surface area contributed by atoms with E-state index in [0.717, 1.165) is 32.1 Å². The molecule has 1 aliphatic heterocycles. The summed E-state index contributed by atoms with van der Waals surface area (Å²) in [6.07, 6.45) is 4.85. The first-order valence-electron chi connectivity index (χ1n) is 17.0. The third-order valence-corrected chi connectivity index (χ3v) is 9.17. The highest BCUT2D eigenvalue weighted by molar-refractivity contribution is 5.96. The molecule has 0 aromatic heterocycles. The molecule has 0 bridgehead atoms. The van der Waals surface area contributed by atoms with Crippen LogP contribution in [0.5, 0.6) is 0 Å². The molecular formula is C32H59N7O7. The molecule has 7 atom stereocenters. The van der Waals surface area contributed by atoms with Gasteiger partial charge in [-0.15, -0.1) is 0 Å². The Morgan fingerprint density at radius 2 is 1.57 bits per heavy atom. The Labute approximate surface area is 273 Å². The third-order valence-electron chi connectivity index (χ3n) is 9.17. The number of nitrogens with one attached hydrogen (secondary N) is 4. The predicted molar refractivity (Wildman–Crippen MR) is 174 cm³/mol. The fourth-order valence-corrected chi connectivity index (χ4v) is 6.29. The number of hydrogen-bond acceptors (Lipinski definition) is 9. The summed E-state index contributed by atoms with van der Waals surface area (Å²) in [6.45, 7) is 8.83. The molecule has 264 valence electrons. The molecule has 1 saturated carbocycles. The Morgan fingerprint density at radius 3 is 2.11 bits per heavy atom. The van der Waals surface area contributed by atoms with Crippen LogP contribution >= 0.6 is 0 Å². The van der Waals surface area contributed by atoms with Crippen molar-refractivity contribution in [3.63, 3.8) is 0 Å². The summed E-state index contributed by atoms with van der Waals surface area (Å²) in [5, 5.41) is 31.4. The Kier molecular flexibility index (Phi) is 16.4. The number of carbonyl (C=O) groups is 5. The molecule has 1 heterocycles. The number of amides is 5. The Bertz CT molecular complexity index is 1020. The SMILES string of the molecule is CCCCN1C[C@@H](CO)NC(=O)[C@H]([C@H](C)O)NC(=O)[C@H](CN)NC(=O)[C@H](C2CCCCC2)NC(=O)[C@H](CC(C)C)N(C)C(=O)[C@@H]1C. The third kappa shape index (κ3) is 11.2. The van der Waals surface area contributed by atoms with Crippen molar-refractivity contribution in [1.29, 1.82) is 0 Å². The van der Waals surface area contributed by atoms with Crippen LogP contribution in [0.2, 0.25) is 0 Å². The van der Waals surface area contributed by atoms with Gasteiger partial charge in [0.05, 0.1) is 24.8 Å². The van der Waals surface area contributed by atoms with E-state index in [4.69, 9.17) is 5.73 Å². The van der Waals surface area contributed by atoms with Crippen LogP contribution in [-0.4, -0.2) is 125 Å². The maximum absolute atomic E-state index is 14.0. The zero-order chi connectivity index (χ0) is 34.6. The van der Waals surface area contributed by atoms with Crippen molar-refractivity contribution in [2.45, 2.75) is 128 Å². The maximum atomic E-state index is 14.0. The zero-order valence-corrected chi connectivity index (χ0v) is 28.6. The van der Waals surface area contributed by atoms with Crippen LogP contribution in [0.1, 0.15) is 86.0 Å². The van der Waals surface area contributed by atoms with Gasteiger partial charge in [-0.05, 0) is 57.9 Å². The average molecular weight is 654 g/mol. The van der Waals surface area contributed by atoms with Crippen LogP contribution in [-0.2, 0) is 24.0 Å². The van der Waals surface area contributed by atoms with Crippen molar-refractivity contribution < 1.29 is 34.2 Å². The molecule has 0 aromatic rings. The number of carbonyl (C=O) groups excluding carboxylic acids is 5. The summed E-state index contributed by atoms with van der Waals surface area (Å²) in [4.78, 5) is 71.7. The molecule has 2 aliphatic rings. The molecule has 2 rings (SSSR count). The number of nitrogens with two attached hydrogens (primary N) is 1. The van der Waals surface area contributed by atoms with Gasteiger partial charge in [0.25, 0.3) is 0 Å². The van der Waals surface area contributed by atoms with Gasteiger partial charge in [0.1, 0.15) is 24.2 Å². The smallest absolute Gasteiger partial charge is 0.245 e. The minimum Gasteiger partial charge on any atom is -0.394 e. The van der Waals surface area contributed by atoms with Gasteiger partial charge < -0.3 is 42.1 Å². The molecule has 0 radical (unpaired) electrons. The van der Waals surface area contributed by atoms with Crippen LogP contribution in [0.3, 0.4) is 0 Å². The molecule has 0 aromatic carbocycles. The van der Waals surface area contributed by atoms with E-state index in [1.54, 1.807) is 14.0 Å². The number of aliphatic hydroxyl groups is 2. The lowest BCUT2D eigenvalue weighted by atomic mass is 9.83. The second kappa shape index (κ2) is 19.1. The number of rotatable bonds is 9. The highest BCUT2D eigenvalue weighted by Gasteiger charge is 2.39. The Balaban J connectivity index is 2.61. The molecule has 0 unspecified atom stereocenters. The van der Waals surface area contributed by atoms with E-state index in [1.165, 1.54) is 11.8 Å². The second-order valence-corrected chi connectivity index (χ2v) is 13.4. The summed E-state index contributed by atoms with van der Waals surface area (Å²) in [5.74, 6) is -2.97. The predicted octanol–water partition coefficient (Wildman–Crippen LogP) is -0.785. The van der Waals surface area contributed by atoms with Gasteiger partial charge in [-0.2, -0.15) is 0 Å². The molecule has 2 fully saturated rings. The normalized spacial score (nSPS) is 29.8. The fraction of sp³-hybridized carbons (Fsp3) is 0.844. The minimum atomic E-state index is -1.41. The van der Waals surface area contributed by atoms with Gasteiger partial charge >= 0.3 is 0 Å². The fourth-order valence-electron chi connectivity index (χ4n) is 6.29. The van der Waals surface area contributed by atoms with Crippen LogP contribution < -0.4 is 27.0 Å². The lowest BCUT2D eigenvalue weighted by Gasteiger charge is -2.38. The molecular weight excluding hydrogens is 594 g/mol. The van der Waals surface area contributed by atoms with Crippen molar-refractivity contribution >= 4 is 29.5 Å². The van der Waals surface area contributed by atoms with Gasteiger partial charge in [-0.1, -0.05) is 46.5 Å². The highest BCUT2D eigenvalue weighted by atomic mass is 16.3. The lowest BCUT2D eigenvalue weighted by Crippen LogP contribution is -2.64. The monoisotopic (exact) mass is 653 g/mol. The molecule has 1 saturated heterocycles. The Hall–Kier alpha value is -2.81. The Morgan fingerprint density at radius 1 is 0.913 bits per heavy atom. The number of hydrogen-bond donors (Lipinski definition) is 7. The molecule has 14 heteroatoms. The molecule has 8 N–H and O–H groups in total. The minimum absolute atomic E-state index is 0.0541. The van der Waals surface area contributed by atoms with Crippen molar-refractivity contribution in [2.75, 3.05) is 33.3 Å². The second-order valence-electron chi connectivity index (χ2n) is 13.4. The van der Waals surface area contributed by atoms with E-state index in [1.807, 2.05) is 25.7 Å². The van der Waals surface area contributed by atoms with Crippen LogP contribution in [0.4, 0.5) is 0 Å². The van der Waals surface area contributed by atoms with Gasteiger partial charge in [-0.25, -0.2) is 0 Å². The first kappa shape index (κ1) is 39.4. The van der Waals surface area contributed by atoms with Gasteiger partial charge in [0.2, 0.25) is 29.5 Å². The van der Waals surface area contributed by atoms with E-state index < -0.39 is 72.6 Å². The van der Waals surface area contributed by atoms with Crippen molar-refractivity contribution in [3.8, 4) is 0 Å². The molecule has 1 aliphatic carbocycles. The topological polar surface area (TPSA) is 206 Å². The first-order chi connectivity index (χ1) is 21.7. The van der Waals surface area contributed by atoms with Gasteiger partial charge in [0.15, 0.2) is 0 Å². The summed E-state index contributed by atoms with van der Waals surface area (Å²) >= 11 is 0. The number of unbranched alkanes of at least 4 members (excludes halogenated alkanes) is 1. The summed E-state index contributed by atoms with van der Waals surface area (Å²) in [7, 11) is 1.59. The maximum Gasteiger partial charge on any atom is 0.245 e. The van der Waals surface area contributed by atoms with Crippen LogP contribution in [0, 0.1) is 11.8 Å². The summed E-state index contributed by atoms with van der Waals surface area (Å²) in [5.41, 5.74) is 5.90. The quantitative estimate of drug-likeness (QED) is 0.166. The van der Waals surface area contributed by atoms with Crippen molar-refractivity contribution in [3.05, 3.63) is 0 Å². The molecule has 0 spiro atoms. The molecule has 5 amide bonds. The zero-order valence-electron chi connectivity index (χ0n) is 28.6. The summed E-state index contributed by atoms with van der Waals surface area (Å²) < 4.78 is 0. The molecule has 46 heavy (non-hydrogen) atoms. The van der Waals surface area contributed by atoms with E-state index in [9.17, 15) is 34.2 Å². The van der Waals surface area contributed by atoms with E-state index in [0.29, 0.717) is 25.8 Å². The van der Waals surface area contributed by atoms with Gasteiger partial charge in [-0.3, -0.25) is 28.9 Å². The van der Waals surface area contributed by atoms with Gasteiger partial charge in [0, 0.05) is 20.1 Å². The largest absolute Gasteiger partial charge is 0.394 e. The van der Waals surface area contributed by atoms with E-state index in [-0.39, 0.29) is 30.8 Å². The standard InChI is InChI=1S/C32H59N7O7/c1-7-8-14-39-17-23(18-40)34-30(44)26(21(5)41)36-28(42)24(16-33)35-31(45)27(22-12-10-9-11-13-22)37-29(43)25(15-19(2)3)38(6)32(46)20(39)4/h19-27,40-41H,7-18,33H2,1-6H3,(H,34,44)(H,35,45)(H,36,42)(H,37,43)/t20-,21-,23-,24-,25-,26-,27-/m0/s1.